The van der Waals surface area contributed by atoms with E-state index in [0.29, 0.717) is 6.54 Å². The molecule has 2 amide bonds. The molecule has 0 aliphatic carbocycles. The van der Waals surface area contributed by atoms with Crippen LogP contribution in [0, 0.1) is 16.0 Å². The molecule has 0 aromatic heterocycles. The Morgan fingerprint density at radius 3 is 2.57 bits per heavy atom. The fourth-order valence-corrected chi connectivity index (χ4v) is 3.18. The minimum absolute atomic E-state index is 0.0143. The Hall–Kier alpha value is -3.75. The molecule has 9 nitrogen and oxygen atoms in total. The second kappa shape index (κ2) is 9.17. The number of esters is 1. The Morgan fingerprint density at radius 2 is 1.87 bits per heavy atom. The van der Waals surface area contributed by atoms with Gasteiger partial charge in [0.2, 0.25) is 5.91 Å². The molecule has 156 valence electrons. The molecule has 1 aliphatic heterocycles. The molecule has 1 saturated heterocycles. The number of benzene rings is 2. The number of rotatable bonds is 7. The summed E-state index contributed by atoms with van der Waals surface area (Å²) in [6.07, 6.45) is -1.15. The molecule has 2 aromatic rings. The van der Waals surface area contributed by atoms with E-state index in [1.54, 1.807) is 11.0 Å². The maximum atomic E-state index is 12.4. The van der Waals surface area contributed by atoms with Gasteiger partial charge in [0, 0.05) is 25.6 Å². The zero-order chi connectivity index (χ0) is 21.7. The number of likely N-dealkylation sites (tertiary alicyclic amines) is 1. The van der Waals surface area contributed by atoms with Gasteiger partial charge in [-0.2, -0.15) is 0 Å². The molecular weight excluding hydrogens is 390 g/mol. The highest BCUT2D eigenvalue weighted by Gasteiger charge is 2.36. The Morgan fingerprint density at radius 1 is 1.20 bits per heavy atom. The topological polar surface area (TPSA) is 119 Å². The summed E-state index contributed by atoms with van der Waals surface area (Å²) in [5, 5.41) is 13.5. The third-order valence-corrected chi connectivity index (χ3v) is 4.78. The van der Waals surface area contributed by atoms with Crippen molar-refractivity contribution in [2.45, 2.75) is 26.0 Å². The summed E-state index contributed by atoms with van der Waals surface area (Å²) in [4.78, 5) is 49.0. The van der Waals surface area contributed by atoms with Gasteiger partial charge in [-0.05, 0) is 18.6 Å². The average molecular weight is 411 g/mol. The van der Waals surface area contributed by atoms with E-state index in [4.69, 9.17) is 4.74 Å². The van der Waals surface area contributed by atoms with E-state index in [-0.39, 0.29) is 30.2 Å². The summed E-state index contributed by atoms with van der Waals surface area (Å²) in [6.45, 7) is 1.99. The number of nitrogens with one attached hydrogen (secondary N) is 1. The van der Waals surface area contributed by atoms with Gasteiger partial charge < -0.3 is 15.0 Å². The summed E-state index contributed by atoms with van der Waals surface area (Å²) < 4.78 is 5.22. The number of hydrogen-bond donors (Lipinski definition) is 1. The van der Waals surface area contributed by atoms with Crippen molar-refractivity contribution >= 4 is 29.2 Å². The van der Waals surface area contributed by atoms with E-state index < -0.39 is 28.8 Å². The lowest BCUT2D eigenvalue weighted by Crippen LogP contribution is -2.33. The molecule has 1 aliphatic rings. The van der Waals surface area contributed by atoms with Gasteiger partial charge in [0.15, 0.2) is 6.10 Å². The first-order valence-electron chi connectivity index (χ1n) is 9.41. The predicted molar refractivity (Wildman–Crippen MR) is 107 cm³/mol. The highest BCUT2D eigenvalue weighted by Crippen LogP contribution is 2.24. The summed E-state index contributed by atoms with van der Waals surface area (Å²) in [5.41, 5.74) is 0.708. The van der Waals surface area contributed by atoms with Gasteiger partial charge in [-0.3, -0.25) is 24.5 Å². The lowest BCUT2D eigenvalue weighted by Gasteiger charge is -2.18. The van der Waals surface area contributed by atoms with Crippen LogP contribution in [0.25, 0.3) is 0 Å². The standard InChI is InChI=1S/C21H21N3O6/c1-14(20(26)22-17-9-5-6-10-18(17)24(28)29)30-21(27)16-11-19(25)23(13-16)12-15-7-3-2-4-8-15/h2-10,14,16H,11-13H2,1H3,(H,22,26)/t14-,16-/m0/s1. The van der Waals surface area contributed by atoms with E-state index in [2.05, 4.69) is 5.32 Å². The van der Waals surface area contributed by atoms with Crippen molar-refractivity contribution in [3.05, 3.63) is 70.3 Å². The molecular formula is C21H21N3O6. The van der Waals surface area contributed by atoms with E-state index in [9.17, 15) is 24.5 Å². The van der Waals surface area contributed by atoms with Crippen molar-refractivity contribution in [1.29, 1.82) is 0 Å². The van der Waals surface area contributed by atoms with Crippen molar-refractivity contribution in [1.82, 2.24) is 4.90 Å². The molecule has 1 fully saturated rings. The van der Waals surface area contributed by atoms with Crippen LogP contribution in [0.4, 0.5) is 11.4 Å². The Labute approximate surface area is 172 Å². The number of hydrogen-bond acceptors (Lipinski definition) is 6. The number of amides is 2. The minimum atomic E-state index is -1.17. The zero-order valence-corrected chi connectivity index (χ0v) is 16.3. The SMILES string of the molecule is C[C@H](OC(=O)[C@H]1CC(=O)N(Cc2ccccc2)C1)C(=O)Nc1ccccc1[N+](=O)[O-]. The second-order valence-corrected chi connectivity index (χ2v) is 7.00. The first-order chi connectivity index (χ1) is 14.3. The maximum Gasteiger partial charge on any atom is 0.312 e. The number of nitro groups is 1. The zero-order valence-electron chi connectivity index (χ0n) is 16.3. The number of nitro benzene ring substituents is 1. The van der Waals surface area contributed by atoms with Crippen molar-refractivity contribution in [2.24, 2.45) is 5.92 Å². The van der Waals surface area contributed by atoms with Crippen LogP contribution in [0.2, 0.25) is 0 Å². The quantitative estimate of drug-likeness (QED) is 0.425. The third kappa shape index (κ3) is 4.99. The highest BCUT2D eigenvalue weighted by molar-refractivity contribution is 5.97. The number of carbonyl (C=O) groups is 3. The molecule has 3 rings (SSSR count). The van der Waals surface area contributed by atoms with Gasteiger partial charge in [-0.25, -0.2) is 0 Å². The Bertz CT molecular complexity index is 962. The van der Waals surface area contributed by atoms with Crippen LogP contribution in [-0.4, -0.2) is 40.3 Å². The second-order valence-electron chi connectivity index (χ2n) is 7.00. The average Bonchev–Trinajstić information content (AvgIpc) is 3.09. The number of carbonyl (C=O) groups excluding carboxylic acids is 3. The fraction of sp³-hybridized carbons (Fsp3) is 0.286. The van der Waals surface area contributed by atoms with E-state index in [0.717, 1.165) is 5.56 Å². The molecule has 1 heterocycles. The number of para-hydroxylation sites is 2. The predicted octanol–water partition coefficient (Wildman–Crippen LogP) is 2.51. The molecule has 0 unspecified atom stereocenters. The van der Waals surface area contributed by atoms with Crippen LogP contribution >= 0.6 is 0 Å². The van der Waals surface area contributed by atoms with E-state index in [1.165, 1.54) is 25.1 Å². The van der Waals surface area contributed by atoms with Gasteiger partial charge in [0.05, 0.1) is 10.8 Å². The minimum Gasteiger partial charge on any atom is -0.452 e. The molecule has 30 heavy (non-hydrogen) atoms. The summed E-state index contributed by atoms with van der Waals surface area (Å²) in [7, 11) is 0. The molecule has 0 bridgehead atoms. The number of nitrogens with zero attached hydrogens (tertiary/aromatic N) is 2. The fourth-order valence-electron chi connectivity index (χ4n) is 3.18. The summed E-state index contributed by atoms with van der Waals surface area (Å²) >= 11 is 0. The molecule has 0 saturated carbocycles. The lowest BCUT2D eigenvalue weighted by molar-refractivity contribution is -0.383. The largest absolute Gasteiger partial charge is 0.452 e. The summed E-state index contributed by atoms with van der Waals surface area (Å²) in [5.74, 6) is -2.16. The molecule has 1 N–H and O–H groups in total. The van der Waals surface area contributed by atoms with Gasteiger partial charge in [0.25, 0.3) is 11.6 Å². The Kier molecular flexibility index (Phi) is 6.41. The number of anilines is 1. The van der Waals surface area contributed by atoms with Crippen LogP contribution in [0.3, 0.4) is 0 Å². The van der Waals surface area contributed by atoms with Gasteiger partial charge in [-0.1, -0.05) is 42.5 Å². The molecule has 9 heteroatoms. The molecule has 2 aromatic carbocycles. The monoisotopic (exact) mass is 411 g/mol. The van der Waals surface area contributed by atoms with Gasteiger partial charge in [-0.15, -0.1) is 0 Å². The Balaban J connectivity index is 1.56. The van der Waals surface area contributed by atoms with E-state index >= 15 is 0 Å². The molecule has 2 atom stereocenters. The van der Waals surface area contributed by atoms with Crippen LogP contribution in [0.15, 0.2) is 54.6 Å². The lowest BCUT2D eigenvalue weighted by atomic mass is 10.1. The number of ether oxygens (including phenoxy) is 1. The smallest absolute Gasteiger partial charge is 0.312 e. The van der Waals surface area contributed by atoms with Crippen LogP contribution < -0.4 is 5.32 Å². The van der Waals surface area contributed by atoms with Crippen LogP contribution in [-0.2, 0) is 25.7 Å². The van der Waals surface area contributed by atoms with Crippen LogP contribution in [0.5, 0.6) is 0 Å². The van der Waals surface area contributed by atoms with E-state index in [1.807, 2.05) is 30.3 Å². The van der Waals surface area contributed by atoms with Crippen molar-refractivity contribution in [3.63, 3.8) is 0 Å². The van der Waals surface area contributed by atoms with Crippen molar-refractivity contribution in [3.8, 4) is 0 Å². The van der Waals surface area contributed by atoms with Crippen LogP contribution in [0.1, 0.15) is 18.9 Å². The first-order valence-corrected chi connectivity index (χ1v) is 9.41. The molecule has 0 radical (unpaired) electrons. The normalized spacial score (nSPS) is 16.8. The maximum absolute atomic E-state index is 12.4. The summed E-state index contributed by atoms with van der Waals surface area (Å²) in [6, 6.07) is 15.1. The highest BCUT2D eigenvalue weighted by atomic mass is 16.6. The third-order valence-electron chi connectivity index (χ3n) is 4.78. The van der Waals surface area contributed by atoms with Gasteiger partial charge in [0.1, 0.15) is 5.69 Å². The van der Waals surface area contributed by atoms with Crippen molar-refractivity contribution < 1.29 is 24.0 Å². The van der Waals surface area contributed by atoms with Crippen molar-refractivity contribution in [2.75, 3.05) is 11.9 Å². The first kappa shape index (κ1) is 21.0. The molecule has 0 spiro atoms. The van der Waals surface area contributed by atoms with Gasteiger partial charge >= 0.3 is 5.97 Å².